The Balaban J connectivity index is 1.69. The quantitative estimate of drug-likeness (QED) is 0.729. The Morgan fingerprint density at radius 3 is 2.59 bits per heavy atom. The number of carbonyl (C=O) groups excluding carboxylic acids is 3. The highest BCUT2D eigenvalue weighted by Crippen LogP contribution is 2.21. The van der Waals surface area contributed by atoms with Gasteiger partial charge in [0.2, 0.25) is 5.91 Å². The lowest BCUT2D eigenvalue weighted by atomic mass is 10.0. The number of amides is 2. The number of rotatable bonds is 7. The predicted octanol–water partition coefficient (Wildman–Crippen LogP) is 1.90. The first kappa shape index (κ1) is 21.3. The zero-order valence-corrected chi connectivity index (χ0v) is 17.4. The molecule has 2 aliphatic rings. The number of ether oxygens (including phenoxy) is 1. The van der Waals surface area contributed by atoms with E-state index in [9.17, 15) is 14.4 Å². The third kappa shape index (κ3) is 5.35. The van der Waals surface area contributed by atoms with Crippen LogP contribution in [0.25, 0.3) is 0 Å². The van der Waals surface area contributed by atoms with Gasteiger partial charge in [0.15, 0.2) is 5.78 Å². The molecule has 1 aromatic carbocycles. The zero-order chi connectivity index (χ0) is 21.0. The molecule has 7 nitrogen and oxygen atoms in total. The molecule has 0 radical (unpaired) electrons. The molecule has 29 heavy (non-hydrogen) atoms. The Bertz CT molecular complexity index is 758. The van der Waals surface area contributed by atoms with Crippen LogP contribution in [0, 0.1) is 5.92 Å². The summed E-state index contributed by atoms with van der Waals surface area (Å²) in [5.74, 6) is -0.568. The van der Waals surface area contributed by atoms with E-state index in [0.29, 0.717) is 12.0 Å². The van der Waals surface area contributed by atoms with Crippen LogP contribution < -0.4 is 15.5 Å². The smallest absolute Gasteiger partial charge is 0.252 e. The van der Waals surface area contributed by atoms with E-state index >= 15 is 0 Å². The zero-order valence-electron chi connectivity index (χ0n) is 17.4. The molecule has 2 fully saturated rings. The Morgan fingerprint density at radius 1 is 1.24 bits per heavy atom. The van der Waals surface area contributed by atoms with Crippen molar-refractivity contribution in [1.29, 1.82) is 0 Å². The van der Waals surface area contributed by atoms with Crippen LogP contribution >= 0.6 is 0 Å². The molecule has 2 N–H and O–H groups in total. The van der Waals surface area contributed by atoms with Crippen LogP contribution in [0.4, 0.5) is 5.69 Å². The van der Waals surface area contributed by atoms with Gasteiger partial charge in [0.05, 0.1) is 6.10 Å². The molecule has 7 heteroatoms. The lowest BCUT2D eigenvalue weighted by Gasteiger charge is -2.23. The molecular weight excluding hydrogens is 370 g/mol. The van der Waals surface area contributed by atoms with Gasteiger partial charge in [-0.2, -0.15) is 0 Å². The number of benzene rings is 1. The van der Waals surface area contributed by atoms with Crippen molar-refractivity contribution in [3.8, 4) is 0 Å². The van der Waals surface area contributed by atoms with Crippen molar-refractivity contribution in [3.05, 3.63) is 29.8 Å². The molecule has 0 spiro atoms. The first-order chi connectivity index (χ1) is 13.8. The van der Waals surface area contributed by atoms with E-state index in [2.05, 4.69) is 15.5 Å². The van der Waals surface area contributed by atoms with Crippen molar-refractivity contribution in [2.75, 3.05) is 24.6 Å². The summed E-state index contributed by atoms with van der Waals surface area (Å²) in [4.78, 5) is 39.9. The van der Waals surface area contributed by atoms with E-state index in [1.165, 1.54) is 0 Å². The van der Waals surface area contributed by atoms with Crippen molar-refractivity contribution in [3.63, 3.8) is 0 Å². The number of hydrogen-bond acceptors (Lipinski definition) is 5. The number of nitrogens with zero attached hydrogens (tertiary/aromatic N) is 1. The second-order valence-corrected chi connectivity index (χ2v) is 8.37. The summed E-state index contributed by atoms with van der Waals surface area (Å²) < 4.78 is 5.30. The summed E-state index contributed by atoms with van der Waals surface area (Å²) in [6, 6.07) is 6.15. The van der Waals surface area contributed by atoms with Crippen molar-refractivity contribution in [1.82, 2.24) is 10.6 Å². The molecule has 1 aromatic rings. The third-order valence-electron chi connectivity index (χ3n) is 5.51. The van der Waals surface area contributed by atoms with Crippen LogP contribution in [0.5, 0.6) is 0 Å². The summed E-state index contributed by atoms with van der Waals surface area (Å²) in [5.41, 5.74) is 1.56. The van der Waals surface area contributed by atoms with Gasteiger partial charge in [0.1, 0.15) is 18.7 Å². The number of anilines is 1. The molecule has 2 amide bonds. The average Bonchev–Trinajstić information content (AvgIpc) is 3.33. The molecule has 2 heterocycles. The molecule has 2 aliphatic heterocycles. The number of ketones is 1. The van der Waals surface area contributed by atoms with Gasteiger partial charge in [-0.1, -0.05) is 19.9 Å². The topological polar surface area (TPSA) is 87.7 Å². The van der Waals surface area contributed by atoms with Crippen molar-refractivity contribution < 1.29 is 19.1 Å². The first-order valence-electron chi connectivity index (χ1n) is 10.5. The van der Waals surface area contributed by atoms with Gasteiger partial charge in [0.25, 0.3) is 5.91 Å². The Morgan fingerprint density at radius 2 is 1.97 bits per heavy atom. The summed E-state index contributed by atoms with van der Waals surface area (Å²) >= 11 is 0. The molecular formula is C22H31N3O4. The lowest BCUT2D eigenvalue weighted by Crippen LogP contribution is -2.53. The maximum Gasteiger partial charge on any atom is 0.252 e. The summed E-state index contributed by atoms with van der Waals surface area (Å²) in [5, 5.41) is 5.62. The maximum atomic E-state index is 12.9. The van der Waals surface area contributed by atoms with Crippen LogP contribution in [0.15, 0.2) is 24.3 Å². The first-order valence-corrected chi connectivity index (χ1v) is 10.5. The van der Waals surface area contributed by atoms with Crippen LogP contribution in [0.1, 0.15) is 50.4 Å². The Kier molecular flexibility index (Phi) is 6.90. The molecule has 2 saturated heterocycles. The maximum absolute atomic E-state index is 12.9. The van der Waals surface area contributed by atoms with E-state index in [-0.39, 0.29) is 36.2 Å². The van der Waals surface area contributed by atoms with Crippen molar-refractivity contribution in [2.24, 2.45) is 5.92 Å². The van der Waals surface area contributed by atoms with Gasteiger partial charge in [0, 0.05) is 24.3 Å². The van der Waals surface area contributed by atoms with Crippen LogP contribution in [-0.4, -0.2) is 55.5 Å². The van der Waals surface area contributed by atoms with E-state index in [0.717, 1.165) is 31.6 Å². The minimum atomic E-state index is -0.710. The third-order valence-corrected chi connectivity index (χ3v) is 5.51. The SMILES string of the molecule is CC(C)C[C@H](NC(=O)c1cccc(N2CCCC2)c1)C(=O)N[C@H]1C(=O)CO[C@@H]1C. The van der Waals surface area contributed by atoms with Gasteiger partial charge in [-0.05, 0) is 50.3 Å². The second-order valence-electron chi connectivity index (χ2n) is 8.37. The number of hydrogen-bond donors (Lipinski definition) is 2. The highest BCUT2D eigenvalue weighted by atomic mass is 16.5. The normalized spacial score (nSPS) is 22.8. The van der Waals surface area contributed by atoms with Gasteiger partial charge >= 0.3 is 0 Å². The fourth-order valence-corrected chi connectivity index (χ4v) is 3.88. The predicted molar refractivity (Wildman–Crippen MR) is 111 cm³/mol. The van der Waals surface area contributed by atoms with Crippen LogP contribution in [-0.2, 0) is 14.3 Å². The monoisotopic (exact) mass is 401 g/mol. The second kappa shape index (κ2) is 9.39. The van der Waals surface area contributed by atoms with E-state index < -0.39 is 12.1 Å². The van der Waals surface area contributed by atoms with Gasteiger partial charge in [-0.15, -0.1) is 0 Å². The Hall–Kier alpha value is -2.41. The van der Waals surface area contributed by atoms with Crippen LogP contribution in [0.3, 0.4) is 0 Å². The molecule has 3 rings (SSSR count). The van der Waals surface area contributed by atoms with E-state index in [1.54, 1.807) is 13.0 Å². The molecule has 0 unspecified atom stereocenters. The average molecular weight is 402 g/mol. The molecule has 158 valence electrons. The number of nitrogens with one attached hydrogen (secondary N) is 2. The summed E-state index contributed by atoms with van der Waals surface area (Å²) in [6.45, 7) is 7.75. The van der Waals surface area contributed by atoms with E-state index in [4.69, 9.17) is 4.74 Å². The fraction of sp³-hybridized carbons (Fsp3) is 0.591. The fourth-order valence-electron chi connectivity index (χ4n) is 3.88. The molecule has 0 aliphatic carbocycles. The van der Waals surface area contributed by atoms with Gasteiger partial charge < -0.3 is 20.3 Å². The summed E-state index contributed by atoms with van der Waals surface area (Å²) in [6.07, 6.45) is 2.45. The van der Waals surface area contributed by atoms with Gasteiger partial charge in [-0.3, -0.25) is 14.4 Å². The minimum Gasteiger partial charge on any atom is -0.372 e. The lowest BCUT2D eigenvalue weighted by molar-refractivity contribution is -0.127. The standard InChI is InChI=1S/C22H31N3O4/c1-14(2)11-18(22(28)24-20-15(3)29-13-19(20)26)23-21(27)16-7-6-8-17(12-16)25-9-4-5-10-25/h6-8,12,14-15,18,20H,4-5,9-11,13H2,1-3H3,(H,23,27)(H,24,28)/t15-,18+,20-/m1/s1. The molecule has 0 saturated carbocycles. The minimum absolute atomic E-state index is 0.0105. The Labute approximate surface area is 172 Å². The summed E-state index contributed by atoms with van der Waals surface area (Å²) in [7, 11) is 0. The van der Waals surface area contributed by atoms with Crippen molar-refractivity contribution >= 4 is 23.3 Å². The number of carbonyl (C=O) groups is 3. The van der Waals surface area contributed by atoms with Gasteiger partial charge in [-0.25, -0.2) is 0 Å². The highest BCUT2D eigenvalue weighted by molar-refractivity contribution is 5.99. The van der Waals surface area contributed by atoms with Crippen LogP contribution in [0.2, 0.25) is 0 Å². The highest BCUT2D eigenvalue weighted by Gasteiger charge is 2.35. The molecule has 3 atom stereocenters. The molecule has 0 aromatic heterocycles. The number of Topliss-reactive ketones (excluding diaryl/α,β-unsaturated/α-hetero) is 1. The molecule has 0 bridgehead atoms. The van der Waals surface area contributed by atoms with E-state index in [1.807, 2.05) is 32.0 Å². The largest absolute Gasteiger partial charge is 0.372 e. The van der Waals surface area contributed by atoms with Crippen molar-refractivity contribution in [2.45, 2.75) is 58.2 Å².